The molecule has 0 rings (SSSR count). The average molecular weight is 186 g/mol. The van der Waals surface area contributed by atoms with Crippen molar-refractivity contribution in [1.82, 2.24) is 0 Å². The monoisotopic (exact) mass is 186 g/mol. The molecule has 0 N–H and O–H groups in total. The van der Waals surface area contributed by atoms with E-state index in [0.717, 1.165) is 18.7 Å². The molecule has 0 aromatic carbocycles. The van der Waals surface area contributed by atoms with Crippen molar-refractivity contribution in [2.45, 2.75) is 45.7 Å². The third-order valence-corrected chi connectivity index (χ3v) is 6.37. The first kappa shape index (κ1) is 11.9. The lowest BCUT2D eigenvalue weighted by Gasteiger charge is -2.25. The zero-order chi connectivity index (χ0) is 9.45. The van der Waals surface area contributed by atoms with Crippen molar-refractivity contribution in [2.24, 2.45) is 0 Å². The molecule has 1 nitrogen and oxygen atoms in total. The van der Waals surface area contributed by atoms with Crippen molar-refractivity contribution in [1.29, 1.82) is 0 Å². The van der Waals surface area contributed by atoms with Gasteiger partial charge in [-0.1, -0.05) is 32.9 Å². The topological polar surface area (TPSA) is 9.23 Å². The van der Waals surface area contributed by atoms with E-state index in [2.05, 4.69) is 33.0 Å². The minimum Gasteiger partial charge on any atom is -0.413 e. The van der Waals surface area contributed by atoms with Crippen LogP contribution in [0.15, 0.2) is 12.3 Å². The number of rotatable bonds is 7. The van der Waals surface area contributed by atoms with Gasteiger partial charge in [-0.2, -0.15) is 0 Å². The van der Waals surface area contributed by atoms with E-state index in [4.69, 9.17) is 4.43 Å². The summed E-state index contributed by atoms with van der Waals surface area (Å²) in [7, 11) is -1.49. The fourth-order valence-electron chi connectivity index (χ4n) is 1.22. The SMILES string of the molecule is C=C[Si](CC)(CC)OCCCC. The van der Waals surface area contributed by atoms with Crippen LogP contribution in [0.4, 0.5) is 0 Å². The summed E-state index contributed by atoms with van der Waals surface area (Å²) < 4.78 is 5.94. The minimum absolute atomic E-state index is 0.927. The maximum Gasteiger partial charge on any atom is 0.215 e. The van der Waals surface area contributed by atoms with Crippen LogP contribution >= 0.6 is 0 Å². The Morgan fingerprint density at radius 1 is 1.25 bits per heavy atom. The molecule has 0 heterocycles. The van der Waals surface area contributed by atoms with Gasteiger partial charge in [0.15, 0.2) is 0 Å². The first-order valence-electron chi connectivity index (χ1n) is 5.02. The van der Waals surface area contributed by atoms with Gasteiger partial charge in [0.05, 0.1) is 0 Å². The Morgan fingerprint density at radius 3 is 2.17 bits per heavy atom. The van der Waals surface area contributed by atoms with E-state index >= 15 is 0 Å². The van der Waals surface area contributed by atoms with Crippen LogP contribution < -0.4 is 0 Å². The number of hydrogen-bond donors (Lipinski definition) is 0. The standard InChI is InChI=1S/C10H22OSi/c1-5-9-10-11-12(6-2,7-3)8-4/h6H,2,5,7-10H2,1,3-4H3. The molecule has 12 heavy (non-hydrogen) atoms. The summed E-state index contributed by atoms with van der Waals surface area (Å²) in [5, 5.41) is 0. The van der Waals surface area contributed by atoms with Gasteiger partial charge in [-0.3, -0.25) is 0 Å². The third-order valence-electron chi connectivity index (χ3n) is 2.46. The van der Waals surface area contributed by atoms with Crippen LogP contribution in [0, 0.1) is 0 Å². The summed E-state index contributed by atoms with van der Waals surface area (Å²) in [6.07, 6.45) is 2.40. The number of unbranched alkanes of at least 4 members (excludes halogenated alkanes) is 1. The molecular weight excluding hydrogens is 164 g/mol. The Kier molecular flexibility index (Phi) is 6.39. The lowest BCUT2D eigenvalue weighted by Crippen LogP contribution is -2.34. The van der Waals surface area contributed by atoms with Crippen LogP contribution in [0.3, 0.4) is 0 Å². The Balaban J connectivity index is 3.84. The van der Waals surface area contributed by atoms with Gasteiger partial charge in [-0.15, -0.1) is 6.58 Å². The predicted octanol–water partition coefficient (Wildman–Crippen LogP) is 3.51. The van der Waals surface area contributed by atoms with Gasteiger partial charge in [-0.05, 0) is 18.5 Å². The van der Waals surface area contributed by atoms with Crippen LogP contribution in [0.5, 0.6) is 0 Å². The molecule has 0 spiro atoms. The molecule has 0 saturated heterocycles. The molecule has 0 amide bonds. The second-order valence-corrected chi connectivity index (χ2v) is 7.42. The van der Waals surface area contributed by atoms with E-state index < -0.39 is 8.32 Å². The van der Waals surface area contributed by atoms with Gasteiger partial charge >= 0.3 is 0 Å². The largest absolute Gasteiger partial charge is 0.413 e. The number of hydrogen-bond acceptors (Lipinski definition) is 1. The van der Waals surface area contributed by atoms with E-state index in [9.17, 15) is 0 Å². The second kappa shape index (κ2) is 6.43. The quantitative estimate of drug-likeness (QED) is 0.437. The maximum absolute atomic E-state index is 5.94. The zero-order valence-corrected chi connectivity index (χ0v) is 9.73. The normalized spacial score (nSPS) is 11.6. The van der Waals surface area contributed by atoms with Crippen LogP contribution in [0.1, 0.15) is 33.6 Å². The van der Waals surface area contributed by atoms with Gasteiger partial charge < -0.3 is 4.43 Å². The summed E-state index contributed by atoms with van der Waals surface area (Å²) in [4.78, 5) is 0. The molecule has 0 radical (unpaired) electrons. The second-order valence-electron chi connectivity index (χ2n) is 3.18. The predicted molar refractivity (Wildman–Crippen MR) is 57.8 cm³/mol. The Hall–Kier alpha value is -0.0831. The van der Waals surface area contributed by atoms with Crippen molar-refractivity contribution in [3.8, 4) is 0 Å². The van der Waals surface area contributed by atoms with Crippen LogP contribution in [-0.2, 0) is 4.43 Å². The molecule has 0 bridgehead atoms. The Labute approximate surface area is 78.0 Å². The van der Waals surface area contributed by atoms with E-state index in [0.29, 0.717) is 0 Å². The molecule has 0 unspecified atom stereocenters. The van der Waals surface area contributed by atoms with Crippen LogP contribution in [0.25, 0.3) is 0 Å². The van der Waals surface area contributed by atoms with E-state index in [1.165, 1.54) is 12.8 Å². The molecular formula is C10H22OSi. The van der Waals surface area contributed by atoms with E-state index in [-0.39, 0.29) is 0 Å². The summed E-state index contributed by atoms with van der Waals surface area (Å²) in [5.74, 6) is 0. The summed E-state index contributed by atoms with van der Waals surface area (Å²) in [6, 6.07) is 2.33. The highest BCUT2D eigenvalue weighted by molar-refractivity contribution is 6.78. The first-order valence-corrected chi connectivity index (χ1v) is 7.42. The summed E-state index contributed by atoms with van der Waals surface area (Å²) >= 11 is 0. The summed E-state index contributed by atoms with van der Waals surface area (Å²) in [6.45, 7) is 11.4. The molecule has 0 aromatic rings. The van der Waals surface area contributed by atoms with Gasteiger partial charge in [0.1, 0.15) is 0 Å². The minimum atomic E-state index is -1.49. The van der Waals surface area contributed by atoms with E-state index in [1.54, 1.807) is 0 Å². The Morgan fingerprint density at radius 2 is 1.83 bits per heavy atom. The Bertz CT molecular complexity index is 119. The van der Waals surface area contributed by atoms with Crippen LogP contribution in [0.2, 0.25) is 12.1 Å². The van der Waals surface area contributed by atoms with Gasteiger partial charge in [0.2, 0.25) is 8.32 Å². The van der Waals surface area contributed by atoms with Crippen molar-refractivity contribution in [2.75, 3.05) is 6.61 Å². The molecule has 0 fully saturated rings. The van der Waals surface area contributed by atoms with Crippen LogP contribution in [-0.4, -0.2) is 14.9 Å². The fraction of sp³-hybridized carbons (Fsp3) is 0.800. The molecule has 2 heteroatoms. The smallest absolute Gasteiger partial charge is 0.215 e. The van der Waals surface area contributed by atoms with Crippen molar-refractivity contribution in [3.63, 3.8) is 0 Å². The summed E-state index contributed by atoms with van der Waals surface area (Å²) in [5.41, 5.74) is 2.09. The molecule has 72 valence electrons. The molecule has 0 saturated carbocycles. The van der Waals surface area contributed by atoms with Gasteiger partial charge in [0.25, 0.3) is 0 Å². The zero-order valence-electron chi connectivity index (χ0n) is 8.73. The first-order chi connectivity index (χ1) is 5.74. The highest BCUT2D eigenvalue weighted by Gasteiger charge is 2.26. The average Bonchev–Trinajstić information content (AvgIpc) is 2.14. The highest BCUT2D eigenvalue weighted by atomic mass is 28.4. The highest BCUT2D eigenvalue weighted by Crippen LogP contribution is 2.17. The van der Waals surface area contributed by atoms with Crippen molar-refractivity contribution >= 4 is 8.32 Å². The maximum atomic E-state index is 5.94. The van der Waals surface area contributed by atoms with Crippen molar-refractivity contribution in [3.05, 3.63) is 12.3 Å². The van der Waals surface area contributed by atoms with Gasteiger partial charge in [-0.25, -0.2) is 0 Å². The molecule has 0 aliphatic carbocycles. The van der Waals surface area contributed by atoms with Gasteiger partial charge in [0, 0.05) is 6.61 Å². The molecule has 0 atom stereocenters. The third kappa shape index (κ3) is 3.54. The molecule has 0 aliphatic rings. The lowest BCUT2D eigenvalue weighted by molar-refractivity contribution is 0.299. The van der Waals surface area contributed by atoms with Crippen molar-refractivity contribution < 1.29 is 4.43 Å². The fourth-order valence-corrected chi connectivity index (χ4v) is 3.38. The molecule has 0 aromatic heterocycles. The molecule has 0 aliphatic heterocycles. The lowest BCUT2D eigenvalue weighted by atomic mass is 10.4. The van der Waals surface area contributed by atoms with E-state index in [1.807, 2.05) is 0 Å².